The molecule has 20 heavy (non-hydrogen) atoms. The van der Waals surface area contributed by atoms with Gasteiger partial charge >= 0.3 is 0 Å². The lowest BCUT2D eigenvalue weighted by Crippen LogP contribution is -2.13. The average Bonchev–Trinajstić information content (AvgIpc) is 2.95. The first-order chi connectivity index (χ1) is 9.86. The number of nitrogens with zero attached hydrogens (tertiary/aromatic N) is 1. The first kappa shape index (κ1) is 13.3. The van der Waals surface area contributed by atoms with Crippen LogP contribution in [-0.2, 0) is 19.5 Å². The van der Waals surface area contributed by atoms with E-state index < -0.39 is 0 Å². The van der Waals surface area contributed by atoms with E-state index in [1.807, 2.05) is 0 Å². The van der Waals surface area contributed by atoms with Gasteiger partial charge in [-0.15, -0.1) is 11.3 Å². The van der Waals surface area contributed by atoms with Gasteiger partial charge in [-0.1, -0.05) is 49.4 Å². The summed E-state index contributed by atoms with van der Waals surface area (Å²) in [6.45, 7) is 3.85. The molecule has 0 atom stereocenters. The number of aromatic nitrogens is 1. The van der Waals surface area contributed by atoms with Crippen LogP contribution in [0.25, 0.3) is 10.8 Å². The molecule has 0 aliphatic carbocycles. The summed E-state index contributed by atoms with van der Waals surface area (Å²) in [5.41, 5.74) is 2.49. The van der Waals surface area contributed by atoms with Crippen molar-refractivity contribution in [1.82, 2.24) is 10.3 Å². The van der Waals surface area contributed by atoms with E-state index in [0.717, 1.165) is 25.2 Å². The van der Waals surface area contributed by atoms with Gasteiger partial charge in [-0.05, 0) is 22.8 Å². The average molecular weight is 282 g/mol. The molecule has 2 aromatic carbocycles. The van der Waals surface area contributed by atoms with Gasteiger partial charge in [0.15, 0.2) is 0 Å². The molecule has 0 spiro atoms. The lowest BCUT2D eigenvalue weighted by molar-refractivity contribution is 0.684. The number of rotatable bonds is 5. The van der Waals surface area contributed by atoms with E-state index in [0.29, 0.717) is 0 Å². The SMILES string of the molecule is CCc1nc(CNCc2cccc3ccccc23)cs1. The molecule has 0 fully saturated rings. The Labute approximate surface area is 123 Å². The van der Waals surface area contributed by atoms with Gasteiger partial charge in [-0.2, -0.15) is 0 Å². The van der Waals surface area contributed by atoms with Crippen LogP contribution in [0.15, 0.2) is 47.8 Å². The highest BCUT2D eigenvalue weighted by atomic mass is 32.1. The molecule has 2 nitrogen and oxygen atoms in total. The summed E-state index contributed by atoms with van der Waals surface area (Å²) in [6, 6.07) is 15.0. The lowest BCUT2D eigenvalue weighted by atomic mass is 10.0. The van der Waals surface area contributed by atoms with Gasteiger partial charge in [0.1, 0.15) is 0 Å². The molecule has 3 heteroatoms. The van der Waals surface area contributed by atoms with Crippen molar-refractivity contribution in [3.05, 3.63) is 64.1 Å². The largest absolute Gasteiger partial charge is 0.307 e. The Morgan fingerprint density at radius 3 is 2.75 bits per heavy atom. The molecule has 1 N–H and O–H groups in total. The van der Waals surface area contributed by atoms with E-state index in [2.05, 4.69) is 65.1 Å². The monoisotopic (exact) mass is 282 g/mol. The molecule has 0 unspecified atom stereocenters. The molecular formula is C17H18N2S. The Hall–Kier alpha value is -1.71. The number of aryl methyl sites for hydroxylation is 1. The number of hydrogen-bond acceptors (Lipinski definition) is 3. The molecule has 0 amide bonds. The van der Waals surface area contributed by atoms with Crippen molar-refractivity contribution in [2.75, 3.05) is 0 Å². The maximum atomic E-state index is 4.58. The maximum Gasteiger partial charge on any atom is 0.0926 e. The summed E-state index contributed by atoms with van der Waals surface area (Å²) in [7, 11) is 0. The smallest absolute Gasteiger partial charge is 0.0926 e. The summed E-state index contributed by atoms with van der Waals surface area (Å²) in [5.74, 6) is 0. The number of fused-ring (bicyclic) bond motifs is 1. The Morgan fingerprint density at radius 1 is 1.05 bits per heavy atom. The normalized spacial score (nSPS) is 11.1. The minimum atomic E-state index is 0.833. The second-order valence-corrected chi connectivity index (χ2v) is 5.77. The standard InChI is InChI=1S/C17H18N2S/c1-2-17-19-15(12-20-17)11-18-10-14-8-5-7-13-6-3-4-9-16(13)14/h3-9,12,18H,2,10-11H2,1H3. The highest BCUT2D eigenvalue weighted by molar-refractivity contribution is 7.09. The van der Waals surface area contributed by atoms with Crippen molar-refractivity contribution in [2.24, 2.45) is 0 Å². The van der Waals surface area contributed by atoms with Gasteiger partial charge in [0.05, 0.1) is 10.7 Å². The molecule has 0 saturated heterocycles. The fourth-order valence-corrected chi connectivity index (χ4v) is 3.11. The number of nitrogens with one attached hydrogen (secondary N) is 1. The topological polar surface area (TPSA) is 24.9 Å². The lowest BCUT2D eigenvalue weighted by Gasteiger charge is -2.07. The van der Waals surface area contributed by atoms with Crippen LogP contribution in [0.1, 0.15) is 23.2 Å². The third-order valence-electron chi connectivity index (χ3n) is 3.40. The number of hydrogen-bond donors (Lipinski definition) is 1. The first-order valence-electron chi connectivity index (χ1n) is 6.97. The zero-order valence-electron chi connectivity index (χ0n) is 11.6. The van der Waals surface area contributed by atoms with Gasteiger partial charge in [-0.3, -0.25) is 0 Å². The molecule has 0 radical (unpaired) electrons. The van der Waals surface area contributed by atoms with Crippen LogP contribution < -0.4 is 5.32 Å². The van der Waals surface area contributed by atoms with Crippen LogP contribution in [0.4, 0.5) is 0 Å². The second kappa shape index (κ2) is 6.16. The summed E-state index contributed by atoms with van der Waals surface area (Å²) >= 11 is 1.75. The molecule has 0 saturated carbocycles. The van der Waals surface area contributed by atoms with Gasteiger partial charge in [0, 0.05) is 18.5 Å². The predicted molar refractivity (Wildman–Crippen MR) is 86.0 cm³/mol. The van der Waals surface area contributed by atoms with Crippen molar-refractivity contribution in [1.29, 1.82) is 0 Å². The Morgan fingerprint density at radius 2 is 1.90 bits per heavy atom. The van der Waals surface area contributed by atoms with Crippen molar-refractivity contribution in [3.63, 3.8) is 0 Å². The minimum Gasteiger partial charge on any atom is -0.307 e. The Kier molecular flexibility index (Phi) is 4.09. The van der Waals surface area contributed by atoms with E-state index in [4.69, 9.17) is 0 Å². The maximum absolute atomic E-state index is 4.58. The number of thiazole rings is 1. The third-order valence-corrected chi connectivity index (χ3v) is 4.45. The highest BCUT2D eigenvalue weighted by Gasteiger charge is 2.02. The van der Waals surface area contributed by atoms with Crippen molar-refractivity contribution >= 4 is 22.1 Å². The first-order valence-corrected chi connectivity index (χ1v) is 7.85. The molecule has 1 aromatic heterocycles. The Bertz CT molecular complexity index is 698. The zero-order valence-corrected chi connectivity index (χ0v) is 12.4. The second-order valence-electron chi connectivity index (χ2n) is 4.83. The number of benzene rings is 2. The molecule has 1 heterocycles. The van der Waals surface area contributed by atoms with E-state index in [1.54, 1.807) is 11.3 Å². The fraction of sp³-hybridized carbons (Fsp3) is 0.235. The minimum absolute atomic E-state index is 0.833. The van der Waals surface area contributed by atoms with Gasteiger partial charge in [0.2, 0.25) is 0 Å². The quantitative estimate of drug-likeness (QED) is 0.760. The molecular weight excluding hydrogens is 264 g/mol. The van der Waals surface area contributed by atoms with Crippen LogP contribution in [-0.4, -0.2) is 4.98 Å². The van der Waals surface area contributed by atoms with Crippen molar-refractivity contribution in [2.45, 2.75) is 26.4 Å². The fourth-order valence-electron chi connectivity index (χ4n) is 2.36. The van der Waals surface area contributed by atoms with E-state index in [1.165, 1.54) is 21.3 Å². The summed E-state index contributed by atoms with van der Waals surface area (Å²) in [4.78, 5) is 4.58. The molecule has 0 aliphatic rings. The van der Waals surface area contributed by atoms with Gasteiger partial charge in [-0.25, -0.2) is 4.98 Å². The van der Waals surface area contributed by atoms with Gasteiger partial charge in [0.25, 0.3) is 0 Å². The highest BCUT2D eigenvalue weighted by Crippen LogP contribution is 2.18. The van der Waals surface area contributed by atoms with Crippen molar-refractivity contribution in [3.8, 4) is 0 Å². The van der Waals surface area contributed by atoms with Crippen LogP contribution in [0.3, 0.4) is 0 Å². The van der Waals surface area contributed by atoms with Crippen LogP contribution in [0.5, 0.6) is 0 Å². The van der Waals surface area contributed by atoms with E-state index in [-0.39, 0.29) is 0 Å². The summed E-state index contributed by atoms with van der Waals surface area (Å²) in [5, 5.41) is 9.48. The van der Waals surface area contributed by atoms with E-state index in [9.17, 15) is 0 Å². The third kappa shape index (κ3) is 2.89. The van der Waals surface area contributed by atoms with Crippen LogP contribution >= 0.6 is 11.3 Å². The molecule has 102 valence electrons. The molecule has 0 aliphatic heterocycles. The van der Waals surface area contributed by atoms with Crippen molar-refractivity contribution < 1.29 is 0 Å². The molecule has 3 aromatic rings. The van der Waals surface area contributed by atoms with Crippen LogP contribution in [0, 0.1) is 0 Å². The summed E-state index contributed by atoms with van der Waals surface area (Å²) < 4.78 is 0. The van der Waals surface area contributed by atoms with E-state index >= 15 is 0 Å². The zero-order chi connectivity index (χ0) is 13.8. The summed E-state index contributed by atoms with van der Waals surface area (Å²) in [6.07, 6.45) is 1.02. The van der Waals surface area contributed by atoms with Gasteiger partial charge < -0.3 is 5.32 Å². The molecule has 0 bridgehead atoms. The molecule has 3 rings (SSSR count). The predicted octanol–water partition coefficient (Wildman–Crippen LogP) is 4.15. The van der Waals surface area contributed by atoms with Crippen LogP contribution in [0.2, 0.25) is 0 Å². The Balaban J connectivity index is 1.68.